The summed E-state index contributed by atoms with van der Waals surface area (Å²) in [6.45, 7) is 6.93. The first-order chi connectivity index (χ1) is 9.70. The van der Waals surface area contributed by atoms with Crippen molar-refractivity contribution in [2.75, 3.05) is 0 Å². The molecule has 0 aromatic carbocycles. The number of nitrogens with zero attached hydrogens (tertiary/aromatic N) is 2. The second-order valence-corrected chi connectivity index (χ2v) is 5.42. The van der Waals surface area contributed by atoms with E-state index >= 15 is 0 Å². The van der Waals surface area contributed by atoms with Gasteiger partial charge in [-0.15, -0.1) is 0 Å². The SMILES string of the molecule is Cc1cc(C)n(CC(=O)N[C@H](CC(=O)O)C(C)C)c(=O)n1. The Labute approximate surface area is 123 Å². The van der Waals surface area contributed by atoms with Gasteiger partial charge in [-0.1, -0.05) is 13.8 Å². The van der Waals surface area contributed by atoms with Gasteiger partial charge in [-0.2, -0.15) is 4.98 Å². The van der Waals surface area contributed by atoms with Gasteiger partial charge in [-0.05, 0) is 25.8 Å². The lowest BCUT2D eigenvalue weighted by Crippen LogP contribution is -2.43. The first-order valence-corrected chi connectivity index (χ1v) is 6.77. The molecule has 1 aromatic heterocycles. The van der Waals surface area contributed by atoms with Crippen molar-refractivity contribution in [3.63, 3.8) is 0 Å². The van der Waals surface area contributed by atoms with Gasteiger partial charge in [0.2, 0.25) is 5.91 Å². The molecule has 0 bridgehead atoms. The van der Waals surface area contributed by atoms with Crippen LogP contribution in [0.25, 0.3) is 0 Å². The summed E-state index contributed by atoms with van der Waals surface area (Å²) in [5, 5.41) is 11.5. The number of carboxylic acid groups (broad SMARTS) is 1. The Hall–Kier alpha value is -2.18. The van der Waals surface area contributed by atoms with Crippen molar-refractivity contribution in [1.82, 2.24) is 14.9 Å². The van der Waals surface area contributed by atoms with Crippen LogP contribution in [-0.2, 0) is 16.1 Å². The van der Waals surface area contributed by atoms with Gasteiger partial charge in [0.1, 0.15) is 6.54 Å². The third-order valence-electron chi connectivity index (χ3n) is 3.19. The van der Waals surface area contributed by atoms with Crippen LogP contribution in [0.4, 0.5) is 0 Å². The van der Waals surface area contributed by atoms with Crippen LogP contribution in [0.15, 0.2) is 10.9 Å². The van der Waals surface area contributed by atoms with Crippen LogP contribution in [-0.4, -0.2) is 32.6 Å². The van der Waals surface area contributed by atoms with Crippen LogP contribution in [0.5, 0.6) is 0 Å². The molecule has 116 valence electrons. The summed E-state index contributed by atoms with van der Waals surface area (Å²) in [6.07, 6.45) is -0.149. The van der Waals surface area contributed by atoms with Crippen molar-refractivity contribution in [1.29, 1.82) is 0 Å². The van der Waals surface area contributed by atoms with E-state index in [1.54, 1.807) is 19.9 Å². The number of hydrogen-bond acceptors (Lipinski definition) is 4. The Morgan fingerprint density at radius 3 is 2.48 bits per heavy atom. The normalized spacial score (nSPS) is 12.2. The summed E-state index contributed by atoms with van der Waals surface area (Å²) < 4.78 is 1.26. The van der Waals surface area contributed by atoms with Crippen molar-refractivity contribution in [3.05, 3.63) is 27.9 Å². The summed E-state index contributed by atoms with van der Waals surface area (Å²) in [6, 6.07) is 1.25. The van der Waals surface area contributed by atoms with Crippen LogP contribution >= 0.6 is 0 Å². The van der Waals surface area contributed by atoms with Crippen LogP contribution in [0.2, 0.25) is 0 Å². The van der Waals surface area contributed by atoms with Gasteiger partial charge in [0.15, 0.2) is 0 Å². The molecule has 0 saturated heterocycles. The van der Waals surface area contributed by atoms with Crippen molar-refractivity contribution in [2.45, 2.75) is 46.7 Å². The van der Waals surface area contributed by atoms with Crippen molar-refractivity contribution in [2.24, 2.45) is 5.92 Å². The Morgan fingerprint density at radius 1 is 1.38 bits per heavy atom. The second kappa shape index (κ2) is 7.01. The Morgan fingerprint density at radius 2 is 2.00 bits per heavy atom. The zero-order valence-electron chi connectivity index (χ0n) is 12.7. The Kier molecular flexibility index (Phi) is 5.63. The number of aryl methyl sites for hydroxylation is 2. The van der Waals surface area contributed by atoms with Crippen LogP contribution in [0.1, 0.15) is 31.7 Å². The minimum atomic E-state index is -0.973. The van der Waals surface area contributed by atoms with Crippen LogP contribution in [0, 0.1) is 19.8 Å². The van der Waals surface area contributed by atoms with E-state index in [4.69, 9.17) is 5.11 Å². The molecule has 0 fully saturated rings. The molecule has 0 aliphatic rings. The number of carboxylic acids is 1. The van der Waals surface area contributed by atoms with Crippen molar-refractivity contribution in [3.8, 4) is 0 Å². The lowest BCUT2D eigenvalue weighted by Gasteiger charge is -2.21. The monoisotopic (exact) mass is 295 g/mol. The van der Waals surface area contributed by atoms with E-state index in [9.17, 15) is 14.4 Å². The Balaban J connectivity index is 2.82. The van der Waals surface area contributed by atoms with E-state index in [-0.39, 0.29) is 18.9 Å². The highest BCUT2D eigenvalue weighted by Crippen LogP contribution is 2.06. The van der Waals surface area contributed by atoms with Gasteiger partial charge >= 0.3 is 11.7 Å². The maximum atomic E-state index is 12.0. The second-order valence-electron chi connectivity index (χ2n) is 5.42. The first kappa shape index (κ1) is 16.9. The predicted molar refractivity (Wildman–Crippen MR) is 77.0 cm³/mol. The summed E-state index contributed by atoms with van der Waals surface area (Å²) >= 11 is 0. The van der Waals surface area contributed by atoms with E-state index in [0.717, 1.165) is 0 Å². The van der Waals surface area contributed by atoms with Crippen LogP contribution < -0.4 is 11.0 Å². The molecule has 1 amide bonds. The summed E-state index contributed by atoms with van der Waals surface area (Å²) in [5.41, 5.74) is 0.754. The zero-order valence-corrected chi connectivity index (χ0v) is 12.7. The largest absolute Gasteiger partial charge is 0.481 e. The molecule has 0 radical (unpaired) electrons. The fraction of sp³-hybridized carbons (Fsp3) is 0.571. The average Bonchev–Trinajstić information content (AvgIpc) is 2.32. The van der Waals surface area contributed by atoms with Gasteiger partial charge in [0.05, 0.1) is 6.42 Å². The molecule has 7 nitrogen and oxygen atoms in total. The number of carbonyl (C=O) groups excluding carboxylic acids is 1. The van der Waals surface area contributed by atoms with E-state index in [0.29, 0.717) is 11.4 Å². The molecule has 1 atom stereocenters. The highest BCUT2D eigenvalue weighted by atomic mass is 16.4. The molecule has 1 heterocycles. The predicted octanol–water partition coefficient (Wildman–Crippen LogP) is 0.476. The maximum absolute atomic E-state index is 12.0. The number of carbonyl (C=O) groups is 2. The molecule has 0 aliphatic carbocycles. The zero-order chi connectivity index (χ0) is 16.2. The van der Waals surface area contributed by atoms with E-state index in [1.807, 2.05) is 13.8 Å². The van der Waals surface area contributed by atoms with Crippen molar-refractivity contribution >= 4 is 11.9 Å². The van der Waals surface area contributed by atoms with Gasteiger partial charge in [0, 0.05) is 17.4 Å². The van der Waals surface area contributed by atoms with Gasteiger partial charge in [-0.3, -0.25) is 14.2 Å². The third-order valence-corrected chi connectivity index (χ3v) is 3.19. The first-order valence-electron chi connectivity index (χ1n) is 6.77. The highest BCUT2D eigenvalue weighted by molar-refractivity contribution is 5.77. The maximum Gasteiger partial charge on any atom is 0.348 e. The Bertz CT molecular complexity index is 592. The molecule has 1 rings (SSSR count). The quantitative estimate of drug-likeness (QED) is 0.794. The number of amides is 1. The van der Waals surface area contributed by atoms with Crippen LogP contribution in [0.3, 0.4) is 0 Å². The van der Waals surface area contributed by atoms with Crippen molar-refractivity contribution < 1.29 is 14.7 Å². The topological polar surface area (TPSA) is 101 Å². The minimum Gasteiger partial charge on any atom is -0.481 e. The van der Waals surface area contributed by atoms with Gasteiger partial charge in [-0.25, -0.2) is 4.79 Å². The fourth-order valence-electron chi connectivity index (χ4n) is 2.00. The number of nitrogens with one attached hydrogen (secondary N) is 1. The van der Waals surface area contributed by atoms with Gasteiger partial charge in [0.25, 0.3) is 0 Å². The van der Waals surface area contributed by atoms with Gasteiger partial charge < -0.3 is 10.4 Å². The third kappa shape index (κ3) is 5.02. The number of hydrogen-bond donors (Lipinski definition) is 2. The molecule has 0 unspecified atom stereocenters. The molecule has 1 aromatic rings. The molecule has 0 saturated carbocycles. The molecule has 21 heavy (non-hydrogen) atoms. The smallest absolute Gasteiger partial charge is 0.348 e. The number of aliphatic carboxylic acids is 1. The fourth-order valence-corrected chi connectivity index (χ4v) is 2.00. The molecule has 0 aliphatic heterocycles. The molecule has 2 N–H and O–H groups in total. The number of aromatic nitrogens is 2. The van der Waals surface area contributed by atoms with E-state index < -0.39 is 23.6 Å². The number of rotatable bonds is 6. The standard InChI is InChI=1S/C14H21N3O4/c1-8(2)11(6-13(19)20)16-12(18)7-17-10(4)5-9(3)15-14(17)21/h5,8,11H,6-7H2,1-4H3,(H,16,18)(H,19,20)/t11-/m1/s1. The summed E-state index contributed by atoms with van der Waals surface area (Å²) in [7, 11) is 0. The lowest BCUT2D eigenvalue weighted by atomic mass is 10.0. The molecule has 7 heteroatoms. The van der Waals surface area contributed by atoms with E-state index in [2.05, 4.69) is 10.3 Å². The average molecular weight is 295 g/mol. The molecular weight excluding hydrogens is 274 g/mol. The highest BCUT2D eigenvalue weighted by Gasteiger charge is 2.20. The molecular formula is C14H21N3O4. The minimum absolute atomic E-state index is 0.0148. The molecule has 0 spiro atoms. The summed E-state index contributed by atoms with van der Waals surface area (Å²) in [4.78, 5) is 38.3. The lowest BCUT2D eigenvalue weighted by molar-refractivity contribution is -0.138. The van der Waals surface area contributed by atoms with E-state index in [1.165, 1.54) is 4.57 Å². The summed E-state index contributed by atoms with van der Waals surface area (Å²) in [5.74, 6) is -1.39.